The Morgan fingerprint density at radius 2 is 1.83 bits per heavy atom. The molecule has 124 valence electrons. The average Bonchev–Trinajstić information content (AvgIpc) is 2.58. The van der Waals surface area contributed by atoms with Crippen molar-refractivity contribution in [2.45, 2.75) is 19.5 Å². The van der Waals surface area contributed by atoms with Crippen LogP contribution in [-0.2, 0) is 0 Å². The molecule has 24 heavy (non-hydrogen) atoms. The van der Waals surface area contributed by atoms with E-state index in [1.165, 1.54) is 5.01 Å². The van der Waals surface area contributed by atoms with Crippen LogP contribution in [0.3, 0.4) is 0 Å². The van der Waals surface area contributed by atoms with Crippen molar-refractivity contribution in [1.29, 1.82) is 0 Å². The summed E-state index contributed by atoms with van der Waals surface area (Å²) in [5.74, 6) is -0.689. The average molecular weight is 364 g/mol. The first-order chi connectivity index (χ1) is 11.5. The molecule has 1 unspecified atom stereocenters. The number of nitrogens with one attached hydrogen (secondary N) is 2. The lowest BCUT2D eigenvalue weighted by atomic mass is 10.1. The van der Waals surface area contributed by atoms with Gasteiger partial charge in [0, 0.05) is 21.3 Å². The van der Waals surface area contributed by atoms with Crippen LogP contribution in [0, 0.1) is 0 Å². The predicted octanol–water partition coefficient (Wildman–Crippen LogP) is 3.94. The normalized spacial score (nSPS) is 16.4. The highest BCUT2D eigenvalue weighted by Gasteiger charge is 2.32. The minimum atomic E-state index is -0.384. The largest absolute Gasteiger partial charge is 0.363 e. The summed E-state index contributed by atoms with van der Waals surface area (Å²) in [5, 5.41) is 5.53. The molecule has 0 fully saturated rings. The molecule has 0 aliphatic carbocycles. The number of hydrazine groups is 1. The summed E-state index contributed by atoms with van der Waals surface area (Å²) in [7, 11) is 0. The van der Waals surface area contributed by atoms with Gasteiger partial charge in [-0.1, -0.05) is 30.1 Å². The van der Waals surface area contributed by atoms with Crippen LogP contribution >= 0.6 is 23.2 Å². The summed E-state index contributed by atoms with van der Waals surface area (Å²) in [6.07, 6.45) is 0.275. The van der Waals surface area contributed by atoms with Crippen LogP contribution in [-0.4, -0.2) is 23.0 Å². The van der Waals surface area contributed by atoms with Gasteiger partial charge in [0.15, 0.2) is 0 Å². The van der Waals surface area contributed by atoms with E-state index in [1.807, 2.05) is 6.92 Å². The van der Waals surface area contributed by atoms with Gasteiger partial charge in [0.05, 0.1) is 5.56 Å². The third kappa shape index (κ3) is 3.18. The molecule has 3 rings (SSSR count). The fourth-order valence-electron chi connectivity index (χ4n) is 2.52. The number of amides is 2. The third-order valence-electron chi connectivity index (χ3n) is 3.78. The quantitative estimate of drug-likeness (QED) is 0.867. The van der Waals surface area contributed by atoms with Crippen LogP contribution in [0.2, 0.25) is 10.0 Å². The second-order valence-electron chi connectivity index (χ2n) is 5.38. The van der Waals surface area contributed by atoms with Gasteiger partial charge in [0.2, 0.25) is 0 Å². The van der Waals surface area contributed by atoms with Crippen LogP contribution in [0.4, 0.5) is 5.69 Å². The first-order valence-corrected chi connectivity index (χ1v) is 8.21. The van der Waals surface area contributed by atoms with Crippen LogP contribution < -0.4 is 10.7 Å². The zero-order chi connectivity index (χ0) is 17.3. The molecule has 2 amide bonds. The maximum atomic E-state index is 12.8. The maximum Gasteiger partial charge on any atom is 0.276 e. The molecule has 2 aromatic carbocycles. The summed E-state index contributed by atoms with van der Waals surface area (Å²) in [6, 6.07) is 11.5. The molecule has 2 aromatic rings. The fraction of sp³-hybridized carbons (Fsp3) is 0.176. The van der Waals surface area contributed by atoms with E-state index in [4.69, 9.17) is 23.2 Å². The van der Waals surface area contributed by atoms with Crippen molar-refractivity contribution in [3.05, 3.63) is 63.6 Å². The van der Waals surface area contributed by atoms with Crippen LogP contribution in [0.1, 0.15) is 34.1 Å². The van der Waals surface area contributed by atoms with E-state index in [9.17, 15) is 9.59 Å². The fourth-order valence-corrected chi connectivity index (χ4v) is 2.82. The molecule has 0 aromatic heterocycles. The Morgan fingerprint density at radius 3 is 2.50 bits per heavy atom. The summed E-state index contributed by atoms with van der Waals surface area (Å²) >= 11 is 11.8. The number of halogens is 2. The van der Waals surface area contributed by atoms with E-state index < -0.39 is 0 Å². The first-order valence-electron chi connectivity index (χ1n) is 7.46. The highest BCUT2D eigenvalue weighted by atomic mass is 35.5. The van der Waals surface area contributed by atoms with Crippen molar-refractivity contribution >= 4 is 40.7 Å². The Labute approximate surface area is 149 Å². The number of nitrogens with zero attached hydrogens (tertiary/aromatic N) is 1. The molecule has 1 atom stereocenters. The number of carbonyl (C=O) groups is 2. The monoisotopic (exact) mass is 363 g/mol. The predicted molar refractivity (Wildman–Crippen MR) is 94.2 cm³/mol. The van der Waals surface area contributed by atoms with Gasteiger partial charge in [-0.05, 0) is 48.9 Å². The van der Waals surface area contributed by atoms with Crippen LogP contribution in [0.25, 0.3) is 0 Å². The van der Waals surface area contributed by atoms with E-state index in [0.29, 0.717) is 33.3 Å². The van der Waals surface area contributed by atoms with E-state index in [2.05, 4.69) is 10.7 Å². The Balaban J connectivity index is 1.87. The molecule has 0 saturated carbocycles. The number of rotatable bonds is 3. The van der Waals surface area contributed by atoms with Gasteiger partial charge < -0.3 is 5.32 Å². The number of anilines is 1. The second kappa shape index (κ2) is 6.71. The molecule has 0 spiro atoms. The molecule has 2 N–H and O–H groups in total. The minimum absolute atomic E-state index is 0.305. The molecule has 7 heteroatoms. The van der Waals surface area contributed by atoms with Gasteiger partial charge in [0.25, 0.3) is 11.8 Å². The lowest BCUT2D eigenvalue weighted by molar-refractivity contribution is 0.0488. The Bertz CT molecular complexity index is 793. The SMILES string of the molecule is CCC1Nc2ccc(Cl)cc2C(=O)N1NC(=O)c1ccc(Cl)cc1. The molecule has 1 aliphatic rings. The smallest absolute Gasteiger partial charge is 0.276 e. The number of hydrogen-bond acceptors (Lipinski definition) is 3. The topological polar surface area (TPSA) is 61.4 Å². The zero-order valence-corrected chi connectivity index (χ0v) is 14.4. The summed E-state index contributed by atoms with van der Waals surface area (Å²) in [5.41, 5.74) is 4.20. The molecule has 1 heterocycles. The zero-order valence-electron chi connectivity index (χ0n) is 12.8. The molecule has 0 radical (unpaired) electrons. The van der Waals surface area contributed by atoms with Crippen molar-refractivity contribution in [1.82, 2.24) is 10.4 Å². The van der Waals surface area contributed by atoms with Gasteiger partial charge in [-0.3, -0.25) is 15.0 Å². The van der Waals surface area contributed by atoms with Gasteiger partial charge in [-0.15, -0.1) is 0 Å². The van der Waals surface area contributed by atoms with E-state index in [-0.39, 0.29) is 18.0 Å². The maximum absolute atomic E-state index is 12.8. The van der Waals surface area contributed by atoms with E-state index >= 15 is 0 Å². The molecular weight excluding hydrogens is 349 g/mol. The van der Waals surface area contributed by atoms with Crippen molar-refractivity contribution in [3.8, 4) is 0 Å². The van der Waals surface area contributed by atoms with Crippen molar-refractivity contribution in [2.75, 3.05) is 5.32 Å². The molecule has 5 nitrogen and oxygen atoms in total. The number of carbonyl (C=O) groups excluding carboxylic acids is 2. The molecule has 1 aliphatic heterocycles. The summed E-state index contributed by atoms with van der Waals surface area (Å²) in [6.45, 7) is 1.92. The molecular formula is C17H15Cl2N3O2. The van der Waals surface area contributed by atoms with Crippen molar-refractivity contribution < 1.29 is 9.59 Å². The number of fused-ring (bicyclic) bond motifs is 1. The lowest BCUT2D eigenvalue weighted by Gasteiger charge is -2.37. The van der Waals surface area contributed by atoms with Crippen molar-refractivity contribution in [3.63, 3.8) is 0 Å². The highest BCUT2D eigenvalue weighted by Crippen LogP contribution is 2.28. The van der Waals surface area contributed by atoms with Crippen molar-refractivity contribution in [2.24, 2.45) is 0 Å². The van der Waals surface area contributed by atoms with Gasteiger partial charge in [0.1, 0.15) is 6.17 Å². The van der Waals surface area contributed by atoms with Crippen LogP contribution in [0.15, 0.2) is 42.5 Å². The first kappa shape index (κ1) is 16.6. The van der Waals surface area contributed by atoms with E-state index in [0.717, 1.165) is 0 Å². The summed E-state index contributed by atoms with van der Waals surface area (Å²) in [4.78, 5) is 25.2. The minimum Gasteiger partial charge on any atom is -0.363 e. The second-order valence-corrected chi connectivity index (χ2v) is 6.25. The number of hydrogen-bond donors (Lipinski definition) is 2. The molecule has 0 bridgehead atoms. The Kier molecular flexibility index (Phi) is 4.64. The van der Waals surface area contributed by atoms with Gasteiger partial charge in [-0.2, -0.15) is 0 Å². The Morgan fingerprint density at radius 1 is 1.17 bits per heavy atom. The van der Waals surface area contributed by atoms with Gasteiger partial charge in [-0.25, -0.2) is 5.01 Å². The third-order valence-corrected chi connectivity index (χ3v) is 4.27. The summed E-state index contributed by atoms with van der Waals surface area (Å²) < 4.78 is 0. The molecule has 0 saturated heterocycles. The van der Waals surface area contributed by atoms with Gasteiger partial charge >= 0.3 is 0 Å². The standard InChI is InChI=1S/C17H15Cl2N3O2/c1-2-15-20-14-8-7-12(19)9-13(14)17(24)22(15)21-16(23)10-3-5-11(18)6-4-10/h3-9,15,20H,2H2,1H3,(H,21,23). The number of benzene rings is 2. The lowest BCUT2D eigenvalue weighted by Crippen LogP contribution is -2.57. The highest BCUT2D eigenvalue weighted by molar-refractivity contribution is 6.31. The Hall–Kier alpha value is -2.24. The van der Waals surface area contributed by atoms with E-state index in [1.54, 1.807) is 42.5 Å². The van der Waals surface area contributed by atoms with Crippen LogP contribution in [0.5, 0.6) is 0 Å².